The van der Waals surface area contributed by atoms with Crippen LogP contribution in [0.5, 0.6) is 0 Å². The molecule has 7 heteroatoms. The molecule has 0 aromatic heterocycles. The zero-order valence-electron chi connectivity index (χ0n) is 16.9. The van der Waals surface area contributed by atoms with Crippen molar-refractivity contribution < 1.29 is 18.7 Å². The number of halogens is 1. The maximum atomic E-state index is 13.1. The molecule has 1 aromatic carbocycles. The first-order valence-electron chi connectivity index (χ1n) is 10.2. The third kappa shape index (κ3) is 6.51. The number of benzene rings is 1. The molecule has 1 N–H and O–H groups in total. The van der Waals surface area contributed by atoms with Gasteiger partial charge in [-0.2, -0.15) is 0 Å². The SMILES string of the molecule is CC(C)CN1CCOC(CNC(=O)CN2CCOC(c3ccc(F)cc3)C2)C1. The number of hydrogen-bond acceptors (Lipinski definition) is 5. The molecule has 2 fully saturated rings. The fourth-order valence-corrected chi connectivity index (χ4v) is 3.80. The molecule has 2 heterocycles. The van der Waals surface area contributed by atoms with Gasteiger partial charge >= 0.3 is 0 Å². The summed E-state index contributed by atoms with van der Waals surface area (Å²) in [4.78, 5) is 16.9. The number of ether oxygens (including phenoxy) is 2. The summed E-state index contributed by atoms with van der Waals surface area (Å²) in [6.07, 6.45) is -0.0819. The molecular formula is C21H32FN3O3. The van der Waals surface area contributed by atoms with Crippen LogP contribution in [-0.4, -0.2) is 80.8 Å². The van der Waals surface area contributed by atoms with Crippen LogP contribution in [0.15, 0.2) is 24.3 Å². The lowest BCUT2D eigenvalue weighted by Crippen LogP contribution is -2.50. The molecular weight excluding hydrogens is 361 g/mol. The van der Waals surface area contributed by atoms with Crippen LogP contribution < -0.4 is 5.32 Å². The highest BCUT2D eigenvalue weighted by Gasteiger charge is 2.25. The van der Waals surface area contributed by atoms with Crippen molar-refractivity contribution >= 4 is 5.91 Å². The molecule has 0 spiro atoms. The van der Waals surface area contributed by atoms with E-state index in [9.17, 15) is 9.18 Å². The minimum Gasteiger partial charge on any atom is -0.374 e. The van der Waals surface area contributed by atoms with Crippen molar-refractivity contribution in [1.82, 2.24) is 15.1 Å². The Kier molecular flexibility index (Phi) is 7.79. The molecule has 0 saturated carbocycles. The van der Waals surface area contributed by atoms with Gasteiger partial charge in [-0.15, -0.1) is 0 Å². The highest BCUT2D eigenvalue weighted by atomic mass is 19.1. The first-order valence-corrected chi connectivity index (χ1v) is 10.2. The lowest BCUT2D eigenvalue weighted by Gasteiger charge is -2.34. The second kappa shape index (κ2) is 10.3. The monoisotopic (exact) mass is 393 g/mol. The van der Waals surface area contributed by atoms with Gasteiger partial charge < -0.3 is 14.8 Å². The zero-order valence-corrected chi connectivity index (χ0v) is 16.9. The van der Waals surface area contributed by atoms with Gasteiger partial charge in [-0.25, -0.2) is 4.39 Å². The Labute approximate surface area is 167 Å². The third-order valence-electron chi connectivity index (χ3n) is 5.13. The Morgan fingerprint density at radius 1 is 1.14 bits per heavy atom. The van der Waals surface area contributed by atoms with E-state index < -0.39 is 0 Å². The topological polar surface area (TPSA) is 54.0 Å². The molecule has 2 saturated heterocycles. The summed E-state index contributed by atoms with van der Waals surface area (Å²) >= 11 is 0. The van der Waals surface area contributed by atoms with E-state index in [0.29, 0.717) is 38.7 Å². The summed E-state index contributed by atoms with van der Waals surface area (Å²) < 4.78 is 24.7. The van der Waals surface area contributed by atoms with Gasteiger partial charge in [0.05, 0.1) is 32.0 Å². The number of nitrogens with one attached hydrogen (secondary N) is 1. The standard InChI is InChI=1S/C21H32FN3O3/c1-16(2)12-24-7-9-27-19(13-24)11-23-21(26)15-25-8-10-28-20(14-25)17-3-5-18(22)6-4-17/h3-6,16,19-20H,7-15H2,1-2H3,(H,23,26). The maximum absolute atomic E-state index is 13.1. The second-order valence-electron chi connectivity index (χ2n) is 8.10. The average Bonchev–Trinajstić information content (AvgIpc) is 2.67. The minimum absolute atomic E-state index is 0.00402. The van der Waals surface area contributed by atoms with E-state index in [1.165, 1.54) is 12.1 Å². The van der Waals surface area contributed by atoms with Crippen molar-refractivity contribution in [3.05, 3.63) is 35.6 Å². The predicted octanol–water partition coefficient (Wildman–Crippen LogP) is 1.67. The third-order valence-corrected chi connectivity index (χ3v) is 5.13. The van der Waals surface area contributed by atoms with Crippen molar-refractivity contribution in [2.75, 3.05) is 59.0 Å². The minimum atomic E-state index is -0.257. The van der Waals surface area contributed by atoms with Gasteiger partial charge in [0.25, 0.3) is 0 Å². The number of nitrogens with zero attached hydrogens (tertiary/aromatic N) is 2. The number of amides is 1. The van der Waals surface area contributed by atoms with Gasteiger partial charge in [-0.3, -0.25) is 14.6 Å². The van der Waals surface area contributed by atoms with Crippen molar-refractivity contribution in [2.24, 2.45) is 5.92 Å². The van der Waals surface area contributed by atoms with Gasteiger partial charge in [0.2, 0.25) is 5.91 Å². The lowest BCUT2D eigenvalue weighted by molar-refractivity contribution is -0.125. The molecule has 0 radical (unpaired) electrons. The maximum Gasteiger partial charge on any atom is 0.234 e. The fourth-order valence-electron chi connectivity index (χ4n) is 3.80. The van der Waals surface area contributed by atoms with Crippen LogP contribution in [0, 0.1) is 11.7 Å². The van der Waals surface area contributed by atoms with Crippen molar-refractivity contribution in [3.63, 3.8) is 0 Å². The summed E-state index contributed by atoms with van der Waals surface area (Å²) in [5.41, 5.74) is 0.937. The van der Waals surface area contributed by atoms with Crippen LogP contribution in [0.25, 0.3) is 0 Å². The number of morpholine rings is 2. The van der Waals surface area contributed by atoms with Crippen molar-refractivity contribution in [3.8, 4) is 0 Å². The van der Waals surface area contributed by atoms with Gasteiger partial charge in [-0.1, -0.05) is 26.0 Å². The van der Waals surface area contributed by atoms with Crippen molar-refractivity contribution in [1.29, 1.82) is 0 Å². The first-order chi connectivity index (χ1) is 13.5. The van der Waals surface area contributed by atoms with E-state index >= 15 is 0 Å². The Hall–Kier alpha value is -1.54. The van der Waals surface area contributed by atoms with Gasteiger partial charge in [0, 0.05) is 39.3 Å². The fraction of sp³-hybridized carbons (Fsp3) is 0.667. The highest BCUT2D eigenvalue weighted by molar-refractivity contribution is 5.78. The van der Waals surface area contributed by atoms with E-state index in [-0.39, 0.29) is 23.9 Å². The summed E-state index contributed by atoms with van der Waals surface area (Å²) in [7, 11) is 0. The summed E-state index contributed by atoms with van der Waals surface area (Å²) in [6.45, 7) is 10.8. The molecule has 3 rings (SSSR count). The first kappa shape index (κ1) is 21.2. The molecule has 0 aliphatic carbocycles. The molecule has 6 nitrogen and oxygen atoms in total. The van der Waals surface area contributed by atoms with Crippen LogP contribution >= 0.6 is 0 Å². The van der Waals surface area contributed by atoms with E-state index in [0.717, 1.165) is 31.8 Å². The number of rotatable bonds is 7. The van der Waals surface area contributed by atoms with E-state index in [1.807, 2.05) is 0 Å². The van der Waals surface area contributed by atoms with Gasteiger partial charge in [-0.05, 0) is 23.6 Å². The molecule has 0 bridgehead atoms. The lowest BCUT2D eigenvalue weighted by atomic mass is 10.1. The molecule has 28 heavy (non-hydrogen) atoms. The smallest absolute Gasteiger partial charge is 0.234 e. The normalized spacial score (nSPS) is 24.4. The van der Waals surface area contributed by atoms with Crippen LogP contribution in [0.4, 0.5) is 4.39 Å². The quantitative estimate of drug-likeness (QED) is 0.764. The van der Waals surface area contributed by atoms with Crippen LogP contribution in [0.1, 0.15) is 25.5 Å². The zero-order chi connectivity index (χ0) is 19.9. The largest absolute Gasteiger partial charge is 0.374 e. The van der Waals surface area contributed by atoms with Crippen LogP contribution in [-0.2, 0) is 14.3 Å². The molecule has 2 aliphatic heterocycles. The van der Waals surface area contributed by atoms with Gasteiger partial charge in [0.1, 0.15) is 5.82 Å². The number of carbonyl (C=O) groups is 1. The van der Waals surface area contributed by atoms with E-state index in [4.69, 9.17) is 9.47 Å². The van der Waals surface area contributed by atoms with Gasteiger partial charge in [0.15, 0.2) is 0 Å². The molecule has 2 aliphatic rings. The molecule has 1 amide bonds. The number of carbonyl (C=O) groups excluding carboxylic acids is 1. The Balaban J connectivity index is 1.41. The molecule has 2 unspecified atom stereocenters. The molecule has 2 atom stereocenters. The average molecular weight is 394 g/mol. The molecule has 156 valence electrons. The summed E-state index contributed by atoms with van der Waals surface area (Å²) in [5.74, 6) is 0.376. The van der Waals surface area contributed by atoms with Crippen LogP contribution in [0.2, 0.25) is 0 Å². The van der Waals surface area contributed by atoms with Crippen LogP contribution in [0.3, 0.4) is 0 Å². The number of hydrogen-bond donors (Lipinski definition) is 1. The molecule has 1 aromatic rings. The van der Waals surface area contributed by atoms with E-state index in [1.54, 1.807) is 12.1 Å². The predicted molar refractivity (Wildman–Crippen MR) is 106 cm³/mol. The summed E-state index contributed by atoms with van der Waals surface area (Å²) in [5, 5.41) is 3.01. The second-order valence-corrected chi connectivity index (χ2v) is 8.10. The Bertz CT molecular complexity index is 626. The highest BCUT2D eigenvalue weighted by Crippen LogP contribution is 2.22. The van der Waals surface area contributed by atoms with Crippen molar-refractivity contribution in [2.45, 2.75) is 26.1 Å². The summed E-state index contributed by atoms with van der Waals surface area (Å²) in [6, 6.07) is 6.37. The Morgan fingerprint density at radius 2 is 1.86 bits per heavy atom. The van der Waals surface area contributed by atoms with E-state index in [2.05, 4.69) is 29.0 Å². The Morgan fingerprint density at radius 3 is 2.61 bits per heavy atom.